The van der Waals surface area contributed by atoms with E-state index in [0.717, 1.165) is 0 Å². The van der Waals surface area contributed by atoms with Crippen LogP contribution >= 0.6 is 12.2 Å². The standard InChI is InChI=1S/C12H20N4OS/c1-8(2)16-6-5-14-11(12(16)17)15(4)9(3)7-10(13)18/h5-6,8-9H,7H2,1-4H3,(H2,13,18). The van der Waals surface area contributed by atoms with Crippen molar-refractivity contribution < 1.29 is 0 Å². The zero-order chi connectivity index (χ0) is 13.9. The van der Waals surface area contributed by atoms with E-state index in [1.807, 2.05) is 32.7 Å². The zero-order valence-electron chi connectivity index (χ0n) is 11.3. The fourth-order valence-corrected chi connectivity index (χ4v) is 1.94. The fraction of sp³-hybridized carbons (Fsp3) is 0.583. The van der Waals surface area contributed by atoms with Gasteiger partial charge in [-0.1, -0.05) is 12.2 Å². The first-order chi connectivity index (χ1) is 8.34. The van der Waals surface area contributed by atoms with E-state index >= 15 is 0 Å². The lowest BCUT2D eigenvalue weighted by Crippen LogP contribution is -2.38. The lowest BCUT2D eigenvalue weighted by molar-refractivity contribution is 0.568. The van der Waals surface area contributed by atoms with Crippen LogP contribution in [0.1, 0.15) is 33.2 Å². The van der Waals surface area contributed by atoms with E-state index in [9.17, 15) is 4.79 Å². The topological polar surface area (TPSA) is 64.2 Å². The van der Waals surface area contributed by atoms with Crippen LogP contribution in [0, 0.1) is 0 Å². The third kappa shape index (κ3) is 3.29. The minimum absolute atomic E-state index is 0.0470. The summed E-state index contributed by atoms with van der Waals surface area (Å²) >= 11 is 4.89. The summed E-state index contributed by atoms with van der Waals surface area (Å²) in [5, 5.41) is 0. The maximum Gasteiger partial charge on any atom is 0.293 e. The molecule has 1 aromatic rings. The van der Waals surface area contributed by atoms with E-state index in [4.69, 9.17) is 18.0 Å². The van der Waals surface area contributed by atoms with Crippen molar-refractivity contribution in [3.63, 3.8) is 0 Å². The highest BCUT2D eigenvalue weighted by molar-refractivity contribution is 7.80. The molecular formula is C12H20N4OS. The van der Waals surface area contributed by atoms with Gasteiger partial charge in [0.15, 0.2) is 5.82 Å². The Morgan fingerprint density at radius 1 is 1.56 bits per heavy atom. The number of hydrogen-bond donors (Lipinski definition) is 1. The van der Waals surface area contributed by atoms with Crippen molar-refractivity contribution in [1.29, 1.82) is 0 Å². The number of rotatable bonds is 5. The van der Waals surface area contributed by atoms with Gasteiger partial charge in [0.1, 0.15) is 0 Å². The van der Waals surface area contributed by atoms with Crippen molar-refractivity contribution >= 4 is 23.0 Å². The summed E-state index contributed by atoms with van der Waals surface area (Å²) < 4.78 is 1.66. The van der Waals surface area contributed by atoms with Crippen molar-refractivity contribution in [2.75, 3.05) is 11.9 Å². The second-order valence-electron chi connectivity index (χ2n) is 4.69. The maximum atomic E-state index is 12.2. The molecule has 1 rings (SSSR count). The van der Waals surface area contributed by atoms with Crippen LogP contribution in [0.4, 0.5) is 5.82 Å². The largest absolute Gasteiger partial charge is 0.393 e. The number of aromatic nitrogens is 2. The highest BCUT2D eigenvalue weighted by Gasteiger charge is 2.17. The van der Waals surface area contributed by atoms with E-state index in [-0.39, 0.29) is 17.6 Å². The van der Waals surface area contributed by atoms with Crippen LogP contribution in [-0.4, -0.2) is 27.6 Å². The summed E-state index contributed by atoms with van der Waals surface area (Å²) in [4.78, 5) is 18.7. The normalized spacial score (nSPS) is 12.5. The molecule has 0 bridgehead atoms. The number of nitrogens with two attached hydrogens (primary N) is 1. The van der Waals surface area contributed by atoms with E-state index < -0.39 is 0 Å². The van der Waals surface area contributed by atoms with Gasteiger partial charge >= 0.3 is 0 Å². The monoisotopic (exact) mass is 268 g/mol. The van der Waals surface area contributed by atoms with Gasteiger partial charge < -0.3 is 15.2 Å². The quantitative estimate of drug-likeness (QED) is 0.816. The summed E-state index contributed by atoms with van der Waals surface area (Å²) in [6.45, 7) is 5.89. The summed E-state index contributed by atoms with van der Waals surface area (Å²) in [5.74, 6) is 0.426. The number of hydrogen-bond acceptors (Lipinski definition) is 4. The number of thiocarbonyl (C=S) groups is 1. The van der Waals surface area contributed by atoms with Crippen LogP contribution in [0.3, 0.4) is 0 Å². The summed E-state index contributed by atoms with van der Waals surface area (Å²) in [7, 11) is 1.83. The predicted octanol–water partition coefficient (Wildman–Crippen LogP) is 1.33. The van der Waals surface area contributed by atoms with Crippen molar-refractivity contribution in [3.8, 4) is 0 Å². The highest BCUT2D eigenvalue weighted by atomic mass is 32.1. The molecule has 1 unspecified atom stereocenters. The van der Waals surface area contributed by atoms with Crippen molar-refractivity contribution in [3.05, 3.63) is 22.7 Å². The Morgan fingerprint density at radius 2 is 2.17 bits per heavy atom. The van der Waals surface area contributed by atoms with Crippen molar-refractivity contribution in [2.45, 2.75) is 39.3 Å². The van der Waals surface area contributed by atoms with Crippen LogP contribution in [0.15, 0.2) is 17.2 Å². The van der Waals surface area contributed by atoms with Crippen LogP contribution in [0.2, 0.25) is 0 Å². The Kier molecular flexibility index (Phi) is 4.84. The Hall–Kier alpha value is -1.43. The molecule has 0 spiro atoms. The van der Waals surface area contributed by atoms with Gasteiger partial charge in [-0.15, -0.1) is 0 Å². The van der Waals surface area contributed by atoms with Gasteiger partial charge in [0, 0.05) is 37.9 Å². The van der Waals surface area contributed by atoms with Crippen LogP contribution < -0.4 is 16.2 Å². The molecule has 2 N–H and O–H groups in total. The molecule has 5 nitrogen and oxygen atoms in total. The SMILES string of the molecule is CC(CC(N)=S)N(C)c1nccn(C(C)C)c1=O. The molecule has 0 radical (unpaired) electrons. The molecule has 1 heterocycles. The predicted molar refractivity (Wildman–Crippen MR) is 78.1 cm³/mol. The van der Waals surface area contributed by atoms with Gasteiger partial charge in [-0.3, -0.25) is 4.79 Å². The minimum atomic E-state index is -0.0928. The fourth-order valence-electron chi connectivity index (χ4n) is 1.70. The van der Waals surface area contributed by atoms with Gasteiger partial charge in [0.2, 0.25) is 0 Å². The van der Waals surface area contributed by atoms with E-state index in [1.165, 1.54) is 0 Å². The first-order valence-corrected chi connectivity index (χ1v) is 6.33. The van der Waals surface area contributed by atoms with Gasteiger partial charge in [-0.05, 0) is 20.8 Å². The average Bonchev–Trinajstić information content (AvgIpc) is 2.27. The molecule has 0 fully saturated rings. The molecule has 0 aliphatic carbocycles. The van der Waals surface area contributed by atoms with Gasteiger partial charge in [-0.25, -0.2) is 4.98 Å². The number of nitrogens with zero attached hydrogens (tertiary/aromatic N) is 3. The molecule has 6 heteroatoms. The average molecular weight is 268 g/mol. The second kappa shape index (κ2) is 5.95. The molecule has 0 aliphatic rings. The summed E-state index contributed by atoms with van der Waals surface area (Å²) in [5.41, 5.74) is 5.43. The third-order valence-electron chi connectivity index (χ3n) is 2.90. The van der Waals surface area contributed by atoms with Gasteiger partial charge in [-0.2, -0.15) is 0 Å². The van der Waals surface area contributed by atoms with Crippen LogP contribution in [0.25, 0.3) is 0 Å². The zero-order valence-corrected chi connectivity index (χ0v) is 12.1. The molecular weight excluding hydrogens is 248 g/mol. The lowest BCUT2D eigenvalue weighted by atomic mass is 10.2. The molecule has 100 valence electrons. The molecule has 0 aliphatic heterocycles. The van der Waals surface area contributed by atoms with E-state index in [1.54, 1.807) is 17.0 Å². The molecule has 0 aromatic carbocycles. The maximum absolute atomic E-state index is 12.2. The molecule has 18 heavy (non-hydrogen) atoms. The van der Waals surface area contributed by atoms with E-state index in [0.29, 0.717) is 17.2 Å². The highest BCUT2D eigenvalue weighted by Crippen LogP contribution is 2.10. The van der Waals surface area contributed by atoms with Crippen LogP contribution in [0.5, 0.6) is 0 Å². The summed E-state index contributed by atoms with van der Waals surface area (Å²) in [6.07, 6.45) is 3.90. The van der Waals surface area contributed by atoms with Gasteiger partial charge in [0.05, 0.1) is 4.99 Å². The molecule has 0 saturated heterocycles. The van der Waals surface area contributed by atoms with E-state index in [2.05, 4.69) is 4.98 Å². The lowest BCUT2D eigenvalue weighted by Gasteiger charge is -2.25. The molecule has 0 saturated carbocycles. The van der Waals surface area contributed by atoms with Crippen molar-refractivity contribution in [1.82, 2.24) is 9.55 Å². The second-order valence-corrected chi connectivity index (χ2v) is 5.21. The van der Waals surface area contributed by atoms with Crippen molar-refractivity contribution in [2.24, 2.45) is 5.73 Å². The first kappa shape index (κ1) is 14.6. The number of anilines is 1. The Morgan fingerprint density at radius 3 is 2.67 bits per heavy atom. The Balaban J connectivity index is 3.06. The van der Waals surface area contributed by atoms with Gasteiger partial charge in [0.25, 0.3) is 5.56 Å². The summed E-state index contributed by atoms with van der Waals surface area (Å²) in [6, 6.07) is 0.157. The molecule has 0 amide bonds. The molecule has 1 aromatic heterocycles. The molecule has 1 atom stereocenters. The smallest absolute Gasteiger partial charge is 0.293 e. The first-order valence-electron chi connectivity index (χ1n) is 5.92. The minimum Gasteiger partial charge on any atom is -0.393 e. The Labute approximate surface area is 113 Å². The van der Waals surface area contributed by atoms with Crippen LogP contribution in [-0.2, 0) is 0 Å². The third-order valence-corrected chi connectivity index (χ3v) is 3.06. The Bertz CT molecular complexity index is 483.